The highest BCUT2D eigenvalue weighted by Gasteiger charge is 2.62. The molecule has 1 saturated heterocycles. The maximum Gasteiger partial charge on any atom is 0.340 e. The quantitative estimate of drug-likeness (QED) is 0.247. The third kappa shape index (κ3) is 3.65. The minimum absolute atomic E-state index is 0.182. The minimum atomic E-state index is -0.538. The lowest BCUT2D eigenvalue weighted by Crippen LogP contribution is -2.34. The van der Waals surface area contributed by atoms with Crippen LogP contribution in [0, 0.1) is 37.5 Å². The van der Waals surface area contributed by atoms with Crippen LogP contribution in [0.3, 0.4) is 0 Å². The third-order valence-electron chi connectivity index (χ3n) is 8.03. The van der Waals surface area contributed by atoms with Crippen LogP contribution in [0.15, 0.2) is 90.5 Å². The Balaban J connectivity index is 1.46. The van der Waals surface area contributed by atoms with E-state index in [1.54, 1.807) is 31.2 Å². The van der Waals surface area contributed by atoms with Gasteiger partial charge >= 0.3 is 5.97 Å². The zero-order chi connectivity index (χ0) is 26.6. The van der Waals surface area contributed by atoms with Gasteiger partial charge in [-0.25, -0.2) is 9.69 Å². The monoisotopic (exact) mass is 503 g/mol. The van der Waals surface area contributed by atoms with Gasteiger partial charge in [-0.15, -0.1) is 0 Å². The number of benzene rings is 3. The number of carbonyl (C=O) groups excluding carboxylic acids is 3. The summed E-state index contributed by atoms with van der Waals surface area (Å²) in [5.41, 5.74) is 7.27. The number of nitrogens with zero attached hydrogens (tertiary/aromatic N) is 1. The van der Waals surface area contributed by atoms with Crippen molar-refractivity contribution in [1.29, 1.82) is 0 Å². The zero-order valence-corrected chi connectivity index (χ0v) is 21.7. The van der Waals surface area contributed by atoms with Crippen molar-refractivity contribution in [3.05, 3.63) is 118 Å². The molecule has 1 aliphatic heterocycles. The smallest absolute Gasteiger partial charge is 0.340 e. The second-order valence-corrected chi connectivity index (χ2v) is 10.3. The summed E-state index contributed by atoms with van der Waals surface area (Å²) in [7, 11) is 0. The molecule has 1 saturated carbocycles. The Kier molecular flexibility index (Phi) is 5.87. The van der Waals surface area contributed by atoms with Crippen molar-refractivity contribution in [3.8, 4) is 0 Å². The summed E-state index contributed by atoms with van der Waals surface area (Å²) in [5.74, 6) is -2.39. The average Bonchev–Trinajstić information content (AvgIpc) is 3.55. The molecule has 0 N–H and O–H groups in total. The molecule has 38 heavy (non-hydrogen) atoms. The molecular weight excluding hydrogens is 474 g/mol. The van der Waals surface area contributed by atoms with Crippen LogP contribution in [-0.2, 0) is 14.3 Å². The van der Waals surface area contributed by atoms with Crippen LogP contribution in [0.25, 0.3) is 5.57 Å². The van der Waals surface area contributed by atoms with E-state index in [9.17, 15) is 14.4 Å². The molecule has 0 radical (unpaired) electrons. The second-order valence-electron chi connectivity index (χ2n) is 10.3. The molecule has 0 spiro atoms. The Morgan fingerprint density at radius 1 is 0.763 bits per heavy atom. The number of amides is 2. The number of esters is 1. The second kappa shape index (κ2) is 9.25. The number of rotatable bonds is 5. The fourth-order valence-corrected chi connectivity index (χ4v) is 6.32. The predicted octanol–water partition coefficient (Wildman–Crippen LogP) is 5.90. The summed E-state index contributed by atoms with van der Waals surface area (Å²) in [4.78, 5) is 41.8. The van der Waals surface area contributed by atoms with E-state index in [0.29, 0.717) is 5.69 Å². The van der Waals surface area contributed by atoms with Crippen LogP contribution in [0.5, 0.6) is 0 Å². The van der Waals surface area contributed by atoms with E-state index in [1.807, 2.05) is 0 Å². The van der Waals surface area contributed by atoms with Crippen molar-refractivity contribution < 1.29 is 19.1 Å². The number of anilines is 1. The van der Waals surface area contributed by atoms with Crippen LogP contribution in [0.2, 0.25) is 0 Å². The van der Waals surface area contributed by atoms with Crippen molar-refractivity contribution in [3.63, 3.8) is 0 Å². The van der Waals surface area contributed by atoms with Crippen molar-refractivity contribution in [2.75, 3.05) is 11.5 Å². The molecule has 190 valence electrons. The summed E-state index contributed by atoms with van der Waals surface area (Å²) in [6.45, 7) is 6.07. The minimum Gasteiger partial charge on any atom is -0.462 e. The van der Waals surface area contributed by atoms with E-state index in [-0.39, 0.29) is 35.8 Å². The highest BCUT2D eigenvalue weighted by molar-refractivity contribution is 6.25. The first kappa shape index (κ1) is 24.1. The van der Waals surface area contributed by atoms with Gasteiger partial charge < -0.3 is 4.74 Å². The summed E-state index contributed by atoms with van der Waals surface area (Å²) in [5, 5.41) is 0. The van der Waals surface area contributed by atoms with Crippen LogP contribution < -0.4 is 4.90 Å². The van der Waals surface area contributed by atoms with Gasteiger partial charge in [-0.2, -0.15) is 0 Å². The van der Waals surface area contributed by atoms with Crippen molar-refractivity contribution in [2.24, 2.45) is 23.7 Å². The van der Waals surface area contributed by atoms with E-state index in [1.165, 1.54) is 16.0 Å². The first-order chi connectivity index (χ1) is 18.4. The molecule has 0 aromatic heterocycles. The fraction of sp³-hybridized carbons (Fsp3) is 0.242. The van der Waals surface area contributed by atoms with Gasteiger partial charge in [0.25, 0.3) is 0 Å². The Morgan fingerprint density at radius 3 is 1.76 bits per heavy atom. The number of aryl methyl sites for hydroxylation is 2. The van der Waals surface area contributed by atoms with Crippen LogP contribution in [-0.4, -0.2) is 24.4 Å². The van der Waals surface area contributed by atoms with Gasteiger partial charge in [-0.3, -0.25) is 9.59 Å². The highest BCUT2D eigenvalue weighted by Crippen LogP contribution is 2.59. The van der Waals surface area contributed by atoms with Crippen molar-refractivity contribution in [2.45, 2.75) is 20.8 Å². The molecule has 6 rings (SSSR count). The number of carbonyl (C=O) groups is 3. The van der Waals surface area contributed by atoms with Crippen LogP contribution in [0.4, 0.5) is 5.69 Å². The zero-order valence-electron chi connectivity index (χ0n) is 21.7. The summed E-state index contributed by atoms with van der Waals surface area (Å²) >= 11 is 0. The molecule has 0 unspecified atom stereocenters. The first-order valence-electron chi connectivity index (χ1n) is 13.1. The standard InChI is InChI=1S/C33H29NO4/c1-4-38-33(37)23-7-5-6-8-26(23)34-31(35)29-24-17-18-25(30(29)32(34)36)28(24)27(21-13-9-19(2)10-14-21)22-15-11-20(3)12-16-22/h5-18,24-25,29-30H,4H2,1-3H3/t24-,25-,29-,30-/m0/s1. The molecule has 5 nitrogen and oxygen atoms in total. The first-order valence-corrected chi connectivity index (χ1v) is 13.1. The topological polar surface area (TPSA) is 63.7 Å². The molecular formula is C33H29NO4. The van der Waals surface area contributed by atoms with Gasteiger partial charge in [0.15, 0.2) is 0 Å². The van der Waals surface area contributed by atoms with Crippen LogP contribution >= 0.6 is 0 Å². The largest absolute Gasteiger partial charge is 0.462 e. The molecule has 3 aromatic rings. The SMILES string of the molecule is CCOC(=O)c1ccccc1N1C(=O)[C@@H]2[C@@H](C1=O)[C@H]1C=C[C@H]2C1=C(c1ccc(C)cc1)c1ccc(C)cc1. The lowest BCUT2D eigenvalue weighted by Gasteiger charge is -2.23. The Morgan fingerprint density at radius 2 is 1.26 bits per heavy atom. The van der Waals surface area contributed by atoms with E-state index in [2.05, 4.69) is 74.5 Å². The van der Waals surface area contributed by atoms with E-state index >= 15 is 0 Å². The molecule has 4 atom stereocenters. The fourth-order valence-electron chi connectivity index (χ4n) is 6.32. The summed E-state index contributed by atoms with van der Waals surface area (Å²) in [6, 6.07) is 23.6. The van der Waals surface area contributed by atoms with Gasteiger partial charge in [0.05, 0.1) is 29.7 Å². The molecule has 5 heteroatoms. The number of hydrogen-bond donors (Lipinski definition) is 0. The van der Waals surface area contributed by atoms with Crippen LogP contribution in [0.1, 0.15) is 39.5 Å². The number of imide groups is 1. The van der Waals surface area contributed by atoms with Crippen molar-refractivity contribution >= 4 is 29.0 Å². The molecule has 3 aromatic carbocycles. The molecule has 3 aliphatic rings. The van der Waals surface area contributed by atoms with E-state index in [0.717, 1.165) is 22.3 Å². The van der Waals surface area contributed by atoms with Crippen molar-refractivity contribution in [1.82, 2.24) is 0 Å². The van der Waals surface area contributed by atoms with Gasteiger partial charge in [-0.05, 0) is 55.2 Å². The summed E-state index contributed by atoms with van der Waals surface area (Å²) < 4.78 is 5.20. The number of ether oxygens (including phenoxy) is 1. The molecule has 2 amide bonds. The molecule has 2 bridgehead atoms. The molecule has 2 aliphatic carbocycles. The number of allylic oxidation sites excluding steroid dienone is 3. The Bertz CT molecular complexity index is 1430. The van der Waals surface area contributed by atoms with Gasteiger partial charge in [0.1, 0.15) is 0 Å². The Labute approximate surface area is 222 Å². The normalized spacial score (nSPS) is 23.2. The number of para-hydroxylation sites is 1. The maximum atomic E-state index is 13.9. The predicted molar refractivity (Wildman–Crippen MR) is 146 cm³/mol. The average molecular weight is 504 g/mol. The third-order valence-corrected chi connectivity index (χ3v) is 8.03. The lowest BCUT2D eigenvalue weighted by molar-refractivity contribution is -0.122. The molecule has 2 fully saturated rings. The number of hydrogen-bond acceptors (Lipinski definition) is 4. The molecule has 1 heterocycles. The lowest BCUT2D eigenvalue weighted by atomic mass is 9.85. The highest BCUT2D eigenvalue weighted by atomic mass is 16.5. The number of fused-ring (bicyclic) bond motifs is 5. The van der Waals surface area contributed by atoms with E-state index in [4.69, 9.17) is 4.74 Å². The van der Waals surface area contributed by atoms with Gasteiger partial charge in [0, 0.05) is 11.8 Å². The van der Waals surface area contributed by atoms with Gasteiger partial charge in [-0.1, -0.05) is 83.9 Å². The maximum absolute atomic E-state index is 13.9. The Hall–Kier alpha value is -4.25. The van der Waals surface area contributed by atoms with Gasteiger partial charge in [0.2, 0.25) is 11.8 Å². The van der Waals surface area contributed by atoms with E-state index < -0.39 is 17.8 Å². The summed E-state index contributed by atoms with van der Waals surface area (Å²) in [6.07, 6.45) is 4.19.